The van der Waals surface area contributed by atoms with Crippen LogP contribution in [0.4, 0.5) is 5.82 Å². The summed E-state index contributed by atoms with van der Waals surface area (Å²) in [5, 5.41) is 8.95. The fourth-order valence-corrected chi connectivity index (χ4v) is 5.61. The normalized spacial score (nSPS) is 16.2. The van der Waals surface area contributed by atoms with E-state index in [2.05, 4.69) is 25.5 Å². The molecule has 0 atom stereocenters. The molecule has 4 heterocycles. The molecule has 0 saturated carbocycles. The summed E-state index contributed by atoms with van der Waals surface area (Å²) in [6.45, 7) is 3.76. The van der Waals surface area contributed by atoms with E-state index < -0.39 is 0 Å². The molecule has 1 saturated heterocycles. The monoisotopic (exact) mass is 573 g/mol. The fourth-order valence-electron chi connectivity index (χ4n) is 4.43. The lowest BCUT2D eigenvalue weighted by molar-refractivity contribution is -0.113. The molecule has 11 heteroatoms. The van der Waals surface area contributed by atoms with Gasteiger partial charge in [0.2, 0.25) is 5.91 Å². The predicted octanol–water partition coefficient (Wildman–Crippen LogP) is 5.62. The van der Waals surface area contributed by atoms with Gasteiger partial charge in [-0.25, -0.2) is 4.98 Å². The van der Waals surface area contributed by atoms with Gasteiger partial charge in [-0.1, -0.05) is 23.2 Å². The maximum atomic E-state index is 11.6. The van der Waals surface area contributed by atoms with E-state index in [4.69, 9.17) is 23.2 Å². The molecule has 2 aliphatic heterocycles. The third-order valence-corrected chi connectivity index (χ3v) is 7.87. The number of amides is 1. The van der Waals surface area contributed by atoms with Gasteiger partial charge in [0.1, 0.15) is 5.82 Å². The largest absolute Gasteiger partial charge is 0.309 e. The van der Waals surface area contributed by atoms with Crippen LogP contribution in [-0.2, 0) is 17.8 Å². The van der Waals surface area contributed by atoms with Crippen molar-refractivity contribution in [2.24, 2.45) is 0 Å². The Labute approximate surface area is 231 Å². The molecule has 1 aromatic carbocycles. The molecule has 188 valence electrons. The number of carbonyl (C=O) groups is 1. The van der Waals surface area contributed by atoms with E-state index in [-0.39, 0.29) is 30.7 Å². The molecule has 0 radical (unpaired) electrons. The third-order valence-electron chi connectivity index (χ3n) is 6.26. The molecular weight excluding hydrogens is 548 g/mol. The highest BCUT2D eigenvalue weighted by atomic mass is 35.5. The van der Waals surface area contributed by atoms with Crippen molar-refractivity contribution in [1.82, 2.24) is 20.2 Å². The van der Waals surface area contributed by atoms with Crippen LogP contribution in [0.1, 0.15) is 24.1 Å². The van der Waals surface area contributed by atoms with Crippen LogP contribution in [0.15, 0.2) is 41.4 Å². The number of pyridine rings is 2. The number of rotatable bonds is 6. The first-order chi connectivity index (χ1) is 16.0. The van der Waals surface area contributed by atoms with Gasteiger partial charge >= 0.3 is 0 Å². The Morgan fingerprint density at radius 2 is 1.94 bits per heavy atom. The van der Waals surface area contributed by atoms with Gasteiger partial charge in [0.15, 0.2) is 0 Å². The molecule has 0 bridgehead atoms. The minimum atomic E-state index is 0. The van der Waals surface area contributed by atoms with Crippen LogP contribution in [0.5, 0.6) is 0 Å². The molecule has 3 aromatic rings. The van der Waals surface area contributed by atoms with E-state index >= 15 is 0 Å². The summed E-state index contributed by atoms with van der Waals surface area (Å²) in [5.74, 6) is 1.16. The van der Waals surface area contributed by atoms with Crippen molar-refractivity contribution in [2.75, 3.05) is 30.7 Å². The highest BCUT2D eigenvalue weighted by Gasteiger charge is 2.21. The zero-order valence-electron chi connectivity index (χ0n) is 18.9. The van der Waals surface area contributed by atoms with Gasteiger partial charge in [-0.05, 0) is 68.2 Å². The number of carbonyl (C=O) groups excluding carboxylic acids is 1. The lowest BCUT2D eigenvalue weighted by Crippen LogP contribution is -2.43. The van der Waals surface area contributed by atoms with E-state index in [9.17, 15) is 4.79 Å². The van der Waals surface area contributed by atoms with Gasteiger partial charge in [0.05, 0.1) is 26.9 Å². The van der Waals surface area contributed by atoms with Crippen molar-refractivity contribution in [3.63, 3.8) is 0 Å². The standard InChI is InChI=1S/C24H25Cl2N5OS.2ClH/c25-15-1-3-21-19(11-15)18(20(26)13-28-21)7-10-31-8-5-16(6-9-31)27-12-17-2-4-22-24(29-17)30-23(32)14-33-22;;/h1-4,11,13,16,27H,5-10,12,14H2,(H,29,30,32);2*1H. The van der Waals surface area contributed by atoms with Crippen LogP contribution in [0.2, 0.25) is 10.0 Å². The average Bonchev–Trinajstić information content (AvgIpc) is 2.82. The van der Waals surface area contributed by atoms with Crippen molar-refractivity contribution in [3.8, 4) is 0 Å². The van der Waals surface area contributed by atoms with Gasteiger partial charge in [0.25, 0.3) is 0 Å². The summed E-state index contributed by atoms with van der Waals surface area (Å²) in [4.78, 5) is 24.2. The van der Waals surface area contributed by atoms with E-state index in [0.29, 0.717) is 34.2 Å². The summed E-state index contributed by atoms with van der Waals surface area (Å²) < 4.78 is 0. The smallest absolute Gasteiger partial charge is 0.235 e. The summed E-state index contributed by atoms with van der Waals surface area (Å²) in [6.07, 6.45) is 4.80. The second-order valence-corrected chi connectivity index (χ2v) is 10.3. The van der Waals surface area contributed by atoms with E-state index in [0.717, 1.165) is 66.0 Å². The first kappa shape index (κ1) is 28.3. The Morgan fingerprint density at radius 1 is 1.14 bits per heavy atom. The van der Waals surface area contributed by atoms with Gasteiger partial charge in [-0.15, -0.1) is 36.6 Å². The number of halogens is 4. The molecule has 0 unspecified atom stereocenters. The maximum absolute atomic E-state index is 11.6. The van der Waals surface area contributed by atoms with Crippen LogP contribution in [0.3, 0.4) is 0 Å². The molecule has 6 nitrogen and oxygen atoms in total. The lowest BCUT2D eigenvalue weighted by atomic mass is 10.0. The number of fused-ring (bicyclic) bond motifs is 2. The molecule has 0 spiro atoms. The molecule has 5 rings (SSSR count). The highest BCUT2D eigenvalue weighted by molar-refractivity contribution is 8.00. The maximum Gasteiger partial charge on any atom is 0.235 e. The van der Waals surface area contributed by atoms with Crippen molar-refractivity contribution in [1.29, 1.82) is 0 Å². The molecule has 35 heavy (non-hydrogen) atoms. The van der Waals surface area contributed by atoms with Crippen LogP contribution in [-0.4, -0.2) is 52.2 Å². The molecule has 2 N–H and O–H groups in total. The second kappa shape index (κ2) is 12.8. The SMILES string of the molecule is Cl.Cl.O=C1CSc2ccc(CNC3CCN(CCc4c(Cl)cnc5ccc(Cl)cc45)CC3)nc2N1. The van der Waals surface area contributed by atoms with E-state index in [1.54, 1.807) is 6.20 Å². The van der Waals surface area contributed by atoms with Crippen molar-refractivity contribution in [3.05, 3.63) is 57.8 Å². The van der Waals surface area contributed by atoms with Crippen LogP contribution in [0.25, 0.3) is 10.9 Å². The Morgan fingerprint density at radius 3 is 2.74 bits per heavy atom. The number of nitrogens with one attached hydrogen (secondary N) is 2. The number of hydrogen-bond acceptors (Lipinski definition) is 6. The minimum absolute atomic E-state index is 0. The number of thioether (sulfide) groups is 1. The molecule has 2 aromatic heterocycles. The number of anilines is 1. The summed E-state index contributed by atoms with van der Waals surface area (Å²) in [5.41, 5.74) is 3.00. The Balaban J connectivity index is 0.00000171. The molecule has 1 fully saturated rings. The summed E-state index contributed by atoms with van der Waals surface area (Å²) in [7, 11) is 0. The summed E-state index contributed by atoms with van der Waals surface area (Å²) in [6, 6.07) is 10.3. The van der Waals surface area contributed by atoms with Gasteiger partial charge in [-0.2, -0.15) is 0 Å². The number of aromatic nitrogens is 2. The Kier molecular flexibility index (Phi) is 10.3. The minimum Gasteiger partial charge on any atom is -0.309 e. The van der Waals surface area contributed by atoms with Crippen LogP contribution in [0, 0.1) is 0 Å². The molecule has 0 aliphatic carbocycles. The van der Waals surface area contributed by atoms with Crippen LogP contribution >= 0.6 is 59.8 Å². The Hall–Kier alpha value is -1.32. The van der Waals surface area contributed by atoms with Gasteiger partial charge in [-0.3, -0.25) is 9.78 Å². The number of likely N-dealkylation sites (tertiary alicyclic amines) is 1. The Bertz CT molecular complexity index is 1180. The number of hydrogen-bond donors (Lipinski definition) is 2. The second-order valence-electron chi connectivity index (χ2n) is 8.48. The fraction of sp³-hybridized carbons (Fsp3) is 0.375. The average molecular weight is 575 g/mol. The first-order valence-corrected chi connectivity index (χ1v) is 12.9. The molecular formula is C24H27Cl4N5OS. The first-order valence-electron chi connectivity index (χ1n) is 11.2. The van der Waals surface area contributed by atoms with Crippen LogP contribution < -0.4 is 10.6 Å². The number of nitrogens with zero attached hydrogens (tertiary/aromatic N) is 3. The summed E-state index contributed by atoms with van der Waals surface area (Å²) >= 11 is 14.2. The van der Waals surface area contributed by atoms with Gasteiger partial charge in [0, 0.05) is 35.7 Å². The van der Waals surface area contributed by atoms with E-state index in [1.807, 2.05) is 30.3 Å². The van der Waals surface area contributed by atoms with Crippen molar-refractivity contribution < 1.29 is 4.79 Å². The number of piperidine rings is 1. The third kappa shape index (κ3) is 6.92. The zero-order valence-corrected chi connectivity index (χ0v) is 22.9. The molecule has 1 amide bonds. The highest BCUT2D eigenvalue weighted by Crippen LogP contribution is 2.30. The zero-order chi connectivity index (χ0) is 22.8. The van der Waals surface area contributed by atoms with Crippen molar-refractivity contribution in [2.45, 2.75) is 36.7 Å². The molecule has 2 aliphatic rings. The topological polar surface area (TPSA) is 70.2 Å². The number of benzene rings is 1. The predicted molar refractivity (Wildman–Crippen MR) is 150 cm³/mol. The van der Waals surface area contributed by atoms with Gasteiger partial charge < -0.3 is 15.5 Å². The van der Waals surface area contributed by atoms with Crippen molar-refractivity contribution >= 4 is 82.4 Å². The quantitative estimate of drug-likeness (QED) is 0.398. The lowest BCUT2D eigenvalue weighted by Gasteiger charge is -2.32. The van der Waals surface area contributed by atoms with E-state index in [1.165, 1.54) is 11.8 Å².